The van der Waals surface area contributed by atoms with Crippen LogP contribution in [0.1, 0.15) is 35.7 Å². The zero-order valence-corrected chi connectivity index (χ0v) is 11.6. The maximum atomic E-state index is 11.3. The highest BCUT2D eigenvalue weighted by Crippen LogP contribution is 2.21. The van der Waals surface area contributed by atoms with Crippen molar-refractivity contribution >= 4 is 5.97 Å². The van der Waals surface area contributed by atoms with Gasteiger partial charge in [-0.1, -0.05) is 12.1 Å². The summed E-state index contributed by atoms with van der Waals surface area (Å²) in [7, 11) is 1.38. The predicted molar refractivity (Wildman–Crippen MR) is 72.9 cm³/mol. The van der Waals surface area contributed by atoms with Gasteiger partial charge in [-0.25, -0.2) is 4.79 Å². The Morgan fingerprint density at radius 3 is 2.68 bits per heavy atom. The van der Waals surface area contributed by atoms with E-state index in [9.17, 15) is 9.90 Å². The third-order valence-corrected chi connectivity index (χ3v) is 3.54. The van der Waals surface area contributed by atoms with Crippen molar-refractivity contribution in [3.05, 3.63) is 35.4 Å². The monoisotopic (exact) mass is 263 g/mol. The number of ether oxygens (including phenoxy) is 1. The third kappa shape index (κ3) is 3.78. The number of hydrogen-bond acceptors (Lipinski definition) is 4. The Morgan fingerprint density at radius 1 is 1.42 bits per heavy atom. The van der Waals surface area contributed by atoms with Crippen LogP contribution in [-0.2, 0) is 11.3 Å². The number of likely N-dealkylation sites (tertiary alicyclic amines) is 1. The number of aliphatic hydroxyl groups is 1. The molecule has 0 amide bonds. The van der Waals surface area contributed by atoms with Gasteiger partial charge in [0.25, 0.3) is 0 Å². The lowest BCUT2D eigenvalue weighted by molar-refractivity contribution is -0.0181. The van der Waals surface area contributed by atoms with Gasteiger partial charge in [-0.05, 0) is 44.0 Å². The number of hydrogen-bond donors (Lipinski definition) is 1. The molecule has 1 saturated heterocycles. The smallest absolute Gasteiger partial charge is 0.337 e. The van der Waals surface area contributed by atoms with E-state index in [0.29, 0.717) is 12.1 Å². The highest BCUT2D eigenvalue weighted by atomic mass is 16.5. The molecule has 0 bridgehead atoms. The number of carbonyl (C=O) groups excluding carboxylic acids is 1. The summed E-state index contributed by atoms with van der Waals surface area (Å²) < 4.78 is 4.67. The molecule has 0 aromatic heterocycles. The van der Waals surface area contributed by atoms with Gasteiger partial charge in [0.05, 0.1) is 18.3 Å². The molecule has 0 spiro atoms. The molecular formula is C15H21NO3. The molecule has 0 radical (unpaired) electrons. The highest BCUT2D eigenvalue weighted by Gasteiger charge is 2.28. The number of benzene rings is 1. The molecule has 1 aliphatic heterocycles. The van der Waals surface area contributed by atoms with Crippen LogP contribution in [0, 0.1) is 0 Å². The summed E-state index contributed by atoms with van der Waals surface area (Å²) in [4.78, 5) is 13.6. The maximum Gasteiger partial charge on any atom is 0.337 e. The first-order chi connectivity index (χ1) is 9.00. The third-order valence-electron chi connectivity index (χ3n) is 3.54. The highest BCUT2D eigenvalue weighted by molar-refractivity contribution is 5.89. The van der Waals surface area contributed by atoms with Gasteiger partial charge in [0.15, 0.2) is 0 Å². The van der Waals surface area contributed by atoms with Crippen LogP contribution in [0.4, 0.5) is 0 Å². The summed E-state index contributed by atoms with van der Waals surface area (Å²) in [5, 5.41) is 10.1. The molecular weight excluding hydrogens is 242 g/mol. The molecule has 19 heavy (non-hydrogen) atoms. The van der Waals surface area contributed by atoms with E-state index in [1.54, 1.807) is 12.1 Å². The van der Waals surface area contributed by atoms with E-state index >= 15 is 0 Å². The van der Waals surface area contributed by atoms with Crippen LogP contribution in [0.2, 0.25) is 0 Å². The average molecular weight is 263 g/mol. The van der Waals surface area contributed by atoms with Crippen LogP contribution in [-0.4, -0.2) is 41.8 Å². The Balaban J connectivity index is 1.98. The molecule has 4 heteroatoms. The summed E-state index contributed by atoms with van der Waals surface area (Å²) in [6.07, 6.45) is 1.89. The molecule has 1 atom stereocenters. The summed E-state index contributed by atoms with van der Waals surface area (Å²) in [6, 6.07) is 7.44. The minimum absolute atomic E-state index is 0.313. The second-order valence-corrected chi connectivity index (χ2v) is 5.50. The van der Waals surface area contributed by atoms with Crippen molar-refractivity contribution in [1.29, 1.82) is 0 Å². The van der Waals surface area contributed by atoms with Crippen LogP contribution in [0.15, 0.2) is 24.3 Å². The topological polar surface area (TPSA) is 49.8 Å². The average Bonchev–Trinajstić information content (AvgIpc) is 2.37. The Hall–Kier alpha value is -1.39. The van der Waals surface area contributed by atoms with E-state index in [0.717, 1.165) is 31.5 Å². The molecule has 1 aromatic carbocycles. The fourth-order valence-corrected chi connectivity index (χ4v) is 2.58. The molecule has 2 rings (SSSR count). The van der Waals surface area contributed by atoms with E-state index < -0.39 is 5.60 Å². The molecule has 4 nitrogen and oxygen atoms in total. The van der Waals surface area contributed by atoms with Crippen molar-refractivity contribution < 1.29 is 14.6 Å². The number of carbonyl (C=O) groups is 1. The number of esters is 1. The summed E-state index contributed by atoms with van der Waals surface area (Å²) in [6.45, 7) is 4.40. The van der Waals surface area contributed by atoms with E-state index in [-0.39, 0.29) is 5.97 Å². The SMILES string of the molecule is COC(=O)c1ccc(CN2CCCC(C)(O)C2)cc1. The number of piperidine rings is 1. The van der Waals surface area contributed by atoms with E-state index in [2.05, 4.69) is 9.64 Å². The number of methoxy groups -OCH3 is 1. The molecule has 1 N–H and O–H groups in total. The van der Waals surface area contributed by atoms with Gasteiger partial charge in [-0.2, -0.15) is 0 Å². The van der Waals surface area contributed by atoms with E-state index in [1.165, 1.54) is 7.11 Å². The molecule has 1 fully saturated rings. The Morgan fingerprint density at radius 2 is 2.11 bits per heavy atom. The van der Waals surface area contributed by atoms with Crippen molar-refractivity contribution in [3.63, 3.8) is 0 Å². The van der Waals surface area contributed by atoms with Gasteiger partial charge >= 0.3 is 5.97 Å². The van der Waals surface area contributed by atoms with Crippen LogP contribution < -0.4 is 0 Å². The minimum Gasteiger partial charge on any atom is -0.465 e. The van der Waals surface area contributed by atoms with E-state index in [1.807, 2.05) is 19.1 Å². The fourth-order valence-electron chi connectivity index (χ4n) is 2.58. The van der Waals surface area contributed by atoms with Gasteiger partial charge in [-0.3, -0.25) is 4.90 Å². The van der Waals surface area contributed by atoms with Gasteiger partial charge in [0.1, 0.15) is 0 Å². The first-order valence-corrected chi connectivity index (χ1v) is 6.62. The van der Waals surface area contributed by atoms with Gasteiger partial charge in [0, 0.05) is 13.1 Å². The van der Waals surface area contributed by atoms with Gasteiger partial charge in [0.2, 0.25) is 0 Å². The second-order valence-electron chi connectivity index (χ2n) is 5.50. The van der Waals surface area contributed by atoms with E-state index in [4.69, 9.17) is 0 Å². The van der Waals surface area contributed by atoms with Crippen LogP contribution >= 0.6 is 0 Å². The molecule has 0 saturated carbocycles. The zero-order chi connectivity index (χ0) is 13.9. The standard InChI is InChI=1S/C15H21NO3/c1-15(18)8-3-9-16(11-15)10-12-4-6-13(7-5-12)14(17)19-2/h4-7,18H,3,8-11H2,1-2H3. The number of rotatable bonds is 3. The lowest BCUT2D eigenvalue weighted by Crippen LogP contribution is -2.45. The molecule has 104 valence electrons. The molecule has 1 aliphatic rings. The number of nitrogens with zero attached hydrogens (tertiary/aromatic N) is 1. The lowest BCUT2D eigenvalue weighted by Gasteiger charge is -2.36. The molecule has 1 aromatic rings. The molecule has 1 unspecified atom stereocenters. The summed E-state index contributed by atoms with van der Waals surface area (Å²) in [5.74, 6) is -0.313. The van der Waals surface area contributed by atoms with Crippen LogP contribution in [0.3, 0.4) is 0 Å². The van der Waals surface area contributed by atoms with Gasteiger partial charge < -0.3 is 9.84 Å². The lowest BCUT2D eigenvalue weighted by atomic mass is 9.95. The van der Waals surface area contributed by atoms with Crippen LogP contribution in [0.25, 0.3) is 0 Å². The first kappa shape index (κ1) is 14.0. The Kier molecular flexibility index (Phi) is 4.22. The quantitative estimate of drug-likeness (QED) is 0.845. The van der Waals surface area contributed by atoms with Gasteiger partial charge in [-0.15, -0.1) is 0 Å². The molecule has 0 aliphatic carbocycles. The minimum atomic E-state index is -0.579. The Bertz CT molecular complexity index is 439. The first-order valence-electron chi connectivity index (χ1n) is 6.62. The summed E-state index contributed by atoms with van der Waals surface area (Å²) >= 11 is 0. The largest absolute Gasteiger partial charge is 0.465 e. The molecule has 1 heterocycles. The summed E-state index contributed by atoms with van der Waals surface area (Å²) in [5.41, 5.74) is 1.13. The van der Waals surface area contributed by atoms with Crippen molar-refractivity contribution in [1.82, 2.24) is 4.90 Å². The van der Waals surface area contributed by atoms with Crippen molar-refractivity contribution in [2.75, 3.05) is 20.2 Å². The Labute approximate surface area is 114 Å². The predicted octanol–water partition coefficient (Wildman–Crippen LogP) is 1.82. The maximum absolute atomic E-state index is 11.3. The van der Waals surface area contributed by atoms with Crippen LogP contribution in [0.5, 0.6) is 0 Å². The van der Waals surface area contributed by atoms with Crippen molar-refractivity contribution in [3.8, 4) is 0 Å². The zero-order valence-electron chi connectivity index (χ0n) is 11.6. The second kappa shape index (κ2) is 5.72. The normalized spacial score (nSPS) is 24.2. The number of β-amino-alcohol motifs (C(OH)–C–C–N with tert-alkyl or cyclic N) is 1. The fraction of sp³-hybridized carbons (Fsp3) is 0.533. The van der Waals surface area contributed by atoms with Crippen molar-refractivity contribution in [2.24, 2.45) is 0 Å². The van der Waals surface area contributed by atoms with Crippen molar-refractivity contribution in [2.45, 2.75) is 31.9 Å².